The Balaban J connectivity index is 2.98. The molecule has 8 heteroatoms. The maximum absolute atomic E-state index is 13.0. The summed E-state index contributed by atoms with van der Waals surface area (Å²) >= 11 is 0. The number of hydrogen-bond acceptors (Lipinski definition) is 6. The summed E-state index contributed by atoms with van der Waals surface area (Å²) in [4.78, 5) is 37.4. The van der Waals surface area contributed by atoms with Crippen molar-refractivity contribution in [3.8, 4) is 0 Å². The first-order valence-electron chi connectivity index (χ1n) is 9.73. The van der Waals surface area contributed by atoms with Crippen molar-refractivity contribution >= 4 is 17.8 Å². The number of ether oxygens (including phenoxy) is 2. The predicted octanol–water partition coefficient (Wildman–Crippen LogP) is 1.71. The number of hydroxylamine groups is 1. The summed E-state index contributed by atoms with van der Waals surface area (Å²) in [5.41, 5.74) is 2.46. The third-order valence-corrected chi connectivity index (χ3v) is 4.60. The summed E-state index contributed by atoms with van der Waals surface area (Å²) in [5.74, 6) is -2.97. The average Bonchev–Trinajstić information content (AvgIpc) is 2.71. The number of benzene rings is 1. The van der Waals surface area contributed by atoms with Crippen LogP contribution in [-0.4, -0.2) is 49.4 Å². The number of methoxy groups -OCH3 is 1. The third-order valence-electron chi connectivity index (χ3n) is 4.60. The summed E-state index contributed by atoms with van der Waals surface area (Å²) in [5, 5.41) is 11.7. The number of carbonyl (C=O) groups excluding carboxylic acids is 3. The molecule has 0 aliphatic heterocycles. The molecule has 0 aliphatic carbocycles. The van der Waals surface area contributed by atoms with E-state index in [0.717, 1.165) is 5.56 Å². The third kappa shape index (κ3) is 8.62. The van der Waals surface area contributed by atoms with Crippen molar-refractivity contribution in [1.82, 2.24) is 10.8 Å². The fraction of sp³-hybridized carbons (Fsp3) is 0.571. The Morgan fingerprint density at radius 1 is 1.03 bits per heavy atom. The molecule has 0 fully saturated rings. The van der Waals surface area contributed by atoms with Crippen LogP contribution in [0.2, 0.25) is 0 Å². The Labute approximate surface area is 171 Å². The van der Waals surface area contributed by atoms with Crippen LogP contribution in [0.5, 0.6) is 0 Å². The van der Waals surface area contributed by atoms with Crippen LogP contribution in [0.3, 0.4) is 0 Å². The van der Waals surface area contributed by atoms with Crippen molar-refractivity contribution in [3.05, 3.63) is 35.9 Å². The van der Waals surface area contributed by atoms with E-state index in [0.29, 0.717) is 6.42 Å². The molecule has 0 aliphatic rings. The van der Waals surface area contributed by atoms with Gasteiger partial charge in [0, 0.05) is 25.4 Å². The van der Waals surface area contributed by atoms with Gasteiger partial charge in [-0.2, -0.15) is 0 Å². The molecule has 8 nitrogen and oxygen atoms in total. The van der Waals surface area contributed by atoms with Gasteiger partial charge >= 0.3 is 5.97 Å². The van der Waals surface area contributed by atoms with Crippen LogP contribution < -0.4 is 10.8 Å². The van der Waals surface area contributed by atoms with Gasteiger partial charge in [-0.05, 0) is 17.9 Å². The van der Waals surface area contributed by atoms with E-state index in [9.17, 15) is 14.4 Å². The molecule has 0 heterocycles. The number of nitrogens with one attached hydrogen (secondary N) is 2. The number of esters is 1. The maximum Gasteiger partial charge on any atom is 0.329 e. The molecular formula is C21H32N2O6. The van der Waals surface area contributed by atoms with Gasteiger partial charge in [-0.1, -0.05) is 51.1 Å². The van der Waals surface area contributed by atoms with Crippen molar-refractivity contribution < 1.29 is 29.1 Å². The molecule has 3 N–H and O–H groups in total. The van der Waals surface area contributed by atoms with Crippen molar-refractivity contribution in [2.24, 2.45) is 17.8 Å². The predicted molar refractivity (Wildman–Crippen MR) is 107 cm³/mol. The van der Waals surface area contributed by atoms with E-state index in [2.05, 4.69) is 5.32 Å². The topological polar surface area (TPSA) is 114 Å². The Bertz CT molecular complexity index is 650. The summed E-state index contributed by atoms with van der Waals surface area (Å²) < 4.78 is 10.1. The lowest BCUT2D eigenvalue weighted by Gasteiger charge is -2.26. The van der Waals surface area contributed by atoms with Crippen LogP contribution in [0.25, 0.3) is 0 Å². The van der Waals surface area contributed by atoms with Gasteiger partial charge in [0.2, 0.25) is 11.8 Å². The van der Waals surface area contributed by atoms with Crippen molar-refractivity contribution in [2.45, 2.75) is 39.7 Å². The molecule has 1 rings (SSSR count). The van der Waals surface area contributed by atoms with Crippen LogP contribution in [0.4, 0.5) is 0 Å². The highest BCUT2D eigenvalue weighted by Gasteiger charge is 2.33. The average molecular weight is 408 g/mol. The molecule has 3 unspecified atom stereocenters. The SMILES string of the molecule is COCCOC(=O)C(Cc1ccccc1)NC(=O)C(CC(C)C)C(C)C(=O)NO. The number of amides is 2. The molecule has 0 bridgehead atoms. The summed E-state index contributed by atoms with van der Waals surface area (Å²) in [6.45, 7) is 5.77. The van der Waals surface area contributed by atoms with E-state index in [1.54, 1.807) is 12.4 Å². The molecule has 29 heavy (non-hydrogen) atoms. The molecule has 0 saturated carbocycles. The second kappa shape index (κ2) is 12.9. The molecule has 3 atom stereocenters. The lowest BCUT2D eigenvalue weighted by molar-refractivity contribution is -0.150. The first-order chi connectivity index (χ1) is 13.8. The molecule has 0 radical (unpaired) electrons. The summed E-state index contributed by atoms with van der Waals surface area (Å²) in [6.07, 6.45) is 0.685. The molecule has 0 saturated heterocycles. The van der Waals surface area contributed by atoms with E-state index >= 15 is 0 Å². The standard InChI is InChI=1S/C21H32N2O6/c1-14(2)12-17(15(3)19(24)23-27)20(25)22-18(21(26)29-11-10-28-4)13-16-8-6-5-7-9-16/h5-9,14-15,17-18,27H,10-13H2,1-4H3,(H,22,25)(H,23,24). The fourth-order valence-corrected chi connectivity index (χ4v) is 2.98. The highest BCUT2D eigenvalue weighted by atomic mass is 16.6. The largest absolute Gasteiger partial charge is 0.462 e. The minimum atomic E-state index is -0.902. The molecule has 0 aromatic heterocycles. The molecule has 2 amide bonds. The van der Waals surface area contributed by atoms with Gasteiger partial charge in [0.25, 0.3) is 0 Å². The van der Waals surface area contributed by atoms with E-state index in [-0.39, 0.29) is 25.6 Å². The van der Waals surface area contributed by atoms with E-state index in [4.69, 9.17) is 14.7 Å². The maximum atomic E-state index is 13.0. The van der Waals surface area contributed by atoms with Gasteiger partial charge in [-0.25, -0.2) is 10.3 Å². The van der Waals surface area contributed by atoms with E-state index in [1.807, 2.05) is 44.2 Å². The highest BCUT2D eigenvalue weighted by Crippen LogP contribution is 2.22. The second-order valence-electron chi connectivity index (χ2n) is 7.41. The van der Waals surface area contributed by atoms with Gasteiger partial charge in [0.05, 0.1) is 6.61 Å². The van der Waals surface area contributed by atoms with Crippen molar-refractivity contribution in [2.75, 3.05) is 20.3 Å². The Morgan fingerprint density at radius 3 is 2.24 bits per heavy atom. The van der Waals surface area contributed by atoms with Crippen molar-refractivity contribution in [1.29, 1.82) is 0 Å². The number of rotatable bonds is 12. The molecule has 1 aromatic rings. The zero-order valence-electron chi connectivity index (χ0n) is 17.5. The van der Waals surface area contributed by atoms with Crippen LogP contribution in [-0.2, 0) is 30.3 Å². The van der Waals surface area contributed by atoms with Gasteiger partial charge in [-0.3, -0.25) is 14.8 Å². The van der Waals surface area contributed by atoms with E-state index in [1.165, 1.54) is 7.11 Å². The zero-order chi connectivity index (χ0) is 21.8. The highest BCUT2D eigenvalue weighted by molar-refractivity contribution is 5.90. The molecule has 162 valence electrons. The van der Waals surface area contributed by atoms with Crippen LogP contribution in [0.1, 0.15) is 32.8 Å². The van der Waals surface area contributed by atoms with Crippen LogP contribution in [0.15, 0.2) is 30.3 Å². The van der Waals surface area contributed by atoms with Gasteiger partial charge in [0.15, 0.2) is 0 Å². The molecule has 0 spiro atoms. The zero-order valence-corrected chi connectivity index (χ0v) is 17.5. The van der Waals surface area contributed by atoms with Crippen molar-refractivity contribution in [3.63, 3.8) is 0 Å². The Hall–Kier alpha value is -2.45. The monoisotopic (exact) mass is 408 g/mol. The van der Waals surface area contributed by atoms with Crippen LogP contribution >= 0.6 is 0 Å². The quantitative estimate of drug-likeness (QED) is 0.210. The number of carbonyl (C=O) groups is 3. The fourth-order valence-electron chi connectivity index (χ4n) is 2.98. The first kappa shape index (κ1) is 24.6. The lowest BCUT2D eigenvalue weighted by Crippen LogP contribution is -2.48. The number of hydrogen-bond donors (Lipinski definition) is 3. The van der Waals surface area contributed by atoms with Gasteiger partial charge < -0.3 is 14.8 Å². The first-order valence-corrected chi connectivity index (χ1v) is 9.73. The van der Waals surface area contributed by atoms with Crippen LogP contribution in [0, 0.1) is 17.8 Å². The molecular weight excluding hydrogens is 376 g/mol. The smallest absolute Gasteiger partial charge is 0.329 e. The summed E-state index contributed by atoms with van der Waals surface area (Å²) in [7, 11) is 1.50. The Kier molecular flexibility index (Phi) is 10.9. The molecule has 1 aromatic carbocycles. The second-order valence-corrected chi connectivity index (χ2v) is 7.41. The normalized spacial score (nSPS) is 14.0. The van der Waals surface area contributed by atoms with E-state index < -0.39 is 35.7 Å². The lowest BCUT2D eigenvalue weighted by atomic mass is 9.85. The summed E-state index contributed by atoms with van der Waals surface area (Å²) in [6, 6.07) is 8.37. The van der Waals surface area contributed by atoms with Gasteiger partial charge in [0.1, 0.15) is 12.6 Å². The Morgan fingerprint density at radius 2 is 1.69 bits per heavy atom. The minimum Gasteiger partial charge on any atom is -0.462 e. The van der Waals surface area contributed by atoms with Gasteiger partial charge in [-0.15, -0.1) is 0 Å². The minimum absolute atomic E-state index is 0.0786.